The minimum absolute atomic E-state index is 0.398. The molecular formula is C17H17NO. The second kappa shape index (κ2) is 3.84. The summed E-state index contributed by atoms with van der Waals surface area (Å²) < 4.78 is 0. The van der Waals surface area contributed by atoms with Crippen LogP contribution in [0.1, 0.15) is 39.3 Å². The van der Waals surface area contributed by atoms with E-state index in [1.807, 2.05) is 13.0 Å². The number of benzene rings is 2. The number of aromatic hydroxyl groups is 1. The number of phenolic OH excluding ortho intramolecular Hbond substituents is 1. The molecule has 96 valence electrons. The lowest BCUT2D eigenvalue weighted by Crippen LogP contribution is -2.32. The van der Waals surface area contributed by atoms with Crippen molar-refractivity contribution in [2.24, 2.45) is 0 Å². The van der Waals surface area contributed by atoms with Gasteiger partial charge in [-0.05, 0) is 34.7 Å². The van der Waals surface area contributed by atoms with Gasteiger partial charge in [0, 0.05) is 31.0 Å². The van der Waals surface area contributed by atoms with Crippen molar-refractivity contribution < 1.29 is 5.11 Å². The maximum Gasteiger partial charge on any atom is 0.122 e. The van der Waals surface area contributed by atoms with Crippen molar-refractivity contribution in [3.63, 3.8) is 0 Å². The molecule has 1 aliphatic heterocycles. The molecule has 0 saturated heterocycles. The minimum atomic E-state index is 0.398. The predicted octanol–water partition coefficient (Wildman–Crippen LogP) is 2.84. The van der Waals surface area contributed by atoms with E-state index in [0.29, 0.717) is 11.7 Å². The van der Waals surface area contributed by atoms with Crippen molar-refractivity contribution in [2.75, 3.05) is 6.54 Å². The van der Waals surface area contributed by atoms with Gasteiger partial charge in [0.1, 0.15) is 5.75 Å². The summed E-state index contributed by atoms with van der Waals surface area (Å²) in [6.07, 6.45) is 0.864. The van der Waals surface area contributed by atoms with Crippen molar-refractivity contribution in [1.82, 2.24) is 5.32 Å². The highest BCUT2D eigenvalue weighted by Crippen LogP contribution is 2.43. The lowest BCUT2D eigenvalue weighted by molar-refractivity contribution is 0.460. The Morgan fingerprint density at radius 1 is 1.16 bits per heavy atom. The average molecular weight is 251 g/mol. The van der Waals surface area contributed by atoms with Crippen molar-refractivity contribution >= 4 is 0 Å². The van der Waals surface area contributed by atoms with E-state index in [4.69, 9.17) is 0 Å². The zero-order chi connectivity index (χ0) is 13.0. The van der Waals surface area contributed by atoms with Gasteiger partial charge in [-0.3, -0.25) is 0 Å². The molecule has 0 aromatic heterocycles. The van der Waals surface area contributed by atoms with Crippen LogP contribution in [0.4, 0.5) is 0 Å². The van der Waals surface area contributed by atoms with Crippen LogP contribution in [0.25, 0.3) is 0 Å². The second-order valence-electron chi connectivity index (χ2n) is 5.65. The number of nitrogens with one attached hydrogen (secondary N) is 1. The third-order valence-corrected chi connectivity index (χ3v) is 4.56. The van der Waals surface area contributed by atoms with Crippen LogP contribution in [0.5, 0.6) is 5.75 Å². The molecule has 2 aromatic rings. The smallest absolute Gasteiger partial charge is 0.122 e. The van der Waals surface area contributed by atoms with E-state index in [1.54, 1.807) is 0 Å². The summed E-state index contributed by atoms with van der Waals surface area (Å²) in [6, 6.07) is 10.8. The molecule has 0 radical (unpaired) electrons. The summed E-state index contributed by atoms with van der Waals surface area (Å²) in [6.45, 7) is 3.91. The highest BCUT2D eigenvalue weighted by molar-refractivity contribution is 5.58. The van der Waals surface area contributed by atoms with Crippen molar-refractivity contribution in [3.05, 3.63) is 63.7 Å². The van der Waals surface area contributed by atoms with Crippen LogP contribution in [0.2, 0.25) is 0 Å². The molecule has 2 nitrogen and oxygen atoms in total. The van der Waals surface area contributed by atoms with Gasteiger partial charge in [-0.2, -0.15) is 0 Å². The molecule has 1 heterocycles. The van der Waals surface area contributed by atoms with E-state index in [-0.39, 0.29) is 0 Å². The Balaban J connectivity index is 1.99. The Labute approximate surface area is 113 Å². The Morgan fingerprint density at radius 3 is 2.89 bits per heavy atom. The zero-order valence-corrected chi connectivity index (χ0v) is 11.0. The van der Waals surface area contributed by atoms with Gasteiger partial charge in [-0.15, -0.1) is 0 Å². The van der Waals surface area contributed by atoms with E-state index in [1.165, 1.54) is 22.3 Å². The lowest BCUT2D eigenvalue weighted by Gasteiger charge is -2.34. The molecule has 1 unspecified atom stereocenters. The number of rotatable bonds is 0. The standard InChI is InChI=1S/C17H17NO/c1-10-5-6-13-14(17(10)19)7-11-3-2-4-12-8-18-9-15(13)16(11)12/h2-6,15,18-19H,7-9H2,1H3. The van der Waals surface area contributed by atoms with Crippen molar-refractivity contribution in [2.45, 2.75) is 25.8 Å². The quantitative estimate of drug-likeness (QED) is 0.754. The van der Waals surface area contributed by atoms with Gasteiger partial charge in [0.05, 0.1) is 0 Å². The summed E-state index contributed by atoms with van der Waals surface area (Å²) in [7, 11) is 0. The fraction of sp³-hybridized carbons (Fsp3) is 0.294. The third kappa shape index (κ3) is 1.47. The molecule has 2 aliphatic rings. The van der Waals surface area contributed by atoms with E-state index in [0.717, 1.165) is 30.6 Å². The molecule has 2 aromatic carbocycles. The predicted molar refractivity (Wildman–Crippen MR) is 75.6 cm³/mol. The maximum absolute atomic E-state index is 10.3. The first-order chi connectivity index (χ1) is 9.25. The topological polar surface area (TPSA) is 32.3 Å². The van der Waals surface area contributed by atoms with Crippen LogP contribution in [-0.2, 0) is 13.0 Å². The van der Waals surface area contributed by atoms with Crippen LogP contribution in [-0.4, -0.2) is 11.7 Å². The molecular weight excluding hydrogens is 234 g/mol. The molecule has 1 aliphatic carbocycles. The van der Waals surface area contributed by atoms with E-state index in [9.17, 15) is 5.11 Å². The van der Waals surface area contributed by atoms with Gasteiger partial charge < -0.3 is 10.4 Å². The van der Waals surface area contributed by atoms with E-state index >= 15 is 0 Å². The summed E-state index contributed by atoms with van der Waals surface area (Å²) in [4.78, 5) is 0. The fourth-order valence-corrected chi connectivity index (χ4v) is 3.61. The molecule has 0 spiro atoms. The van der Waals surface area contributed by atoms with Gasteiger partial charge in [0.15, 0.2) is 0 Å². The van der Waals surface area contributed by atoms with Gasteiger partial charge in [-0.25, -0.2) is 0 Å². The van der Waals surface area contributed by atoms with Gasteiger partial charge in [0.2, 0.25) is 0 Å². The van der Waals surface area contributed by atoms with Crippen molar-refractivity contribution in [1.29, 1.82) is 0 Å². The summed E-state index contributed by atoms with van der Waals surface area (Å²) in [5, 5.41) is 13.8. The molecule has 2 N–H and O–H groups in total. The summed E-state index contributed by atoms with van der Waals surface area (Å²) in [5.41, 5.74) is 7.70. The van der Waals surface area contributed by atoms with Gasteiger partial charge >= 0.3 is 0 Å². The number of fused-ring (bicyclic) bond motifs is 2. The SMILES string of the molecule is Cc1ccc2c(c1O)Cc1cccc3c1C2CNC3. The minimum Gasteiger partial charge on any atom is -0.507 e. The monoisotopic (exact) mass is 251 g/mol. The first-order valence-electron chi connectivity index (χ1n) is 6.88. The lowest BCUT2D eigenvalue weighted by atomic mass is 9.74. The largest absolute Gasteiger partial charge is 0.507 e. The highest BCUT2D eigenvalue weighted by Gasteiger charge is 2.31. The van der Waals surface area contributed by atoms with E-state index in [2.05, 4.69) is 29.6 Å². The molecule has 1 atom stereocenters. The van der Waals surface area contributed by atoms with Gasteiger partial charge in [0.25, 0.3) is 0 Å². The molecule has 2 heteroatoms. The van der Waals surface area contributed by atoms with Crippen LogP contribution < -0.4 is 5.32 Å². The normalized spacial score (nSPS) is 19.7. The Bertz CT molecular complexity index is 675. The number of hydrogen-bond donors (Lipinski definition) is 2. The molecule has 0 bridgehead atoms. The van der Waals surface area contributed by atoms with E-state index < -0.39 is 0 Å². The van der Waals surface area contributed by atoms with Gasteiger partial charge in [-0.1, -0.05) is 30.3 Å². The first-order valence-corrected chi connectivity index (χ1v) is 6.88. The molecule has 4 rings (SSSR count). The molecule has 0 fully saturated rings. The van der Waals surface area contributed by atoms with Crippen LogP contribution >= 0.6 is 0 Å². The Morgan fingerprint density at radius 2 is 2.00 bits per heavy atom. The Hall–Kier alpha value is -1.80. The summed E-state index contributed by atoms with van der Waals surface area (Å²) in [5.74, 6) is 0.884. The average Bonchev–Trinajstić information content (AvgIpc) is 2.44. The fourth-order valence-electron chi connectivity index (χ4n) is 3.61. The highest BCUT2D eigenvalue weighted by atomic mass is 16.3. The maximum atomic E-state index is 10.3. The first kappa shape index (κ1) is 11.1. The van der Waals surface area contributed by atoms with Crippen LogP contribution in [0.15, 0.2) is 30.3 Å². The van der Waals surface area contributed by atoms with Crippen LogP contribution in [0, 0.1) is 6.92 Å². The van der Waals surface area contributed by atoms with Crippen LogP contribution in [0.3, 0.4) is 0 Å². The number of hydrogen-bond acceptors (Lipinski definition) is 2. The molecule has 0 amide bonds. The number of aryl methyl sites for hydroxylation is 1. The molecule has 19 heavy (non-hydrogen) atoms. The van der Waals surface area contributed by atoms with Crippen molar-refractivity contribution in [3.8, 4) is 5.75 Å². The second-order valence-corrected chi connectivity index (χ2v) is 5.65. The third-order valence-electron chi connectivity index (χ3n) is 4.56. The summed E-state index contributed by atoms with van der Waals surface area (Å²) >= 11 is 0. The molecule has 0 saturated carbocycles. The Kier molecular flexibility index (Phi) is 2.24. The zero-order valence-electron chi connectivity index (χ0n) is 11.0. The number of phenols is 1.